The number of amides is 3. The van der Waals surface area contributed by atoms with E-state index in [0.29, 0.717) is 15.5 Å². The van der Waals surface area contributed by atoms with Crippen molar-refractivity contribution in [1.29, 1.82) is 0 Å². The lowest BCUT2D eigenvalue weighted by molar-refractivity contribution is -0.120. The highest BCUT2D eigenvalue weighted by molar-refractivity contribution is 7.85. The summed E-state index contributed by atoms with van der Waals surface area (Å²) in [5, 5.41) is 7.48. The highest BCUT2D eigenvalue weighted by atomic mass is 32.2. The van der Waals surface area contributed by atoms with Crippen molar-refractivity contribution in [1.82, 2.24) is 10.6 Å². The predicted octanol–water partition coefficient (Wildman–Crippen LogP) is 4.07. The normalized spacial score (nSPS) is 14.2. The van der Waals surface area contributed by atoms with Crippen LogP contribution in [0.5, 0.6) is 0 Å². The van der Waals surface area contributed by atoms with Crippen LogP contribution in [0.4, 0.5) is 21.0 Å². The molecule has 1 fully saturated rings. The minimum atomic E-state index is -1.53. The van der Waals surface area contributed by atoms with Crippen LogP contribution in [0.2, 0.25) is 0 Å². The number of guanidine groups is 1. The fraction of sp³-hybridized carbons (Fsp3) is 0.333. The van der Waals surface area contributed by atoms with Gasteiger partial charge in [-0.05, 0) is 43.2 Å². The number of anilines is 1. The van der Waals surface area contributed by atoms with E-state index in [1.54, 1.807) is 36.4 Å². The van der Waals surface area contributed by atoms with E-state index in [2.05, 4.69) is 30.4 Å². The number of rotatable bonds is 5. The minimum absolute atomic E-state index is 0.112. The molecule has 1 atom stereocenters. The van der Waals surface area contributed by atoms with Crippen molar-refractivity contribution >= 4 is 46.2 Å². The molecule has 3 amide bonds. The Balaban J connectivity index is 2.00. The number of ether oxygens (including phenoxy) is 2. The zero-order valence-electron chi connectivity index (χ0n) is 19.5. The van der Waals surface area contributed by atoms with E-state index in [-0.39, 0.29) is 23.5 Å². The first-order valence-electron chi connectivity index (χ1n) is 11.1. The highest BCUT2D eigenvalue weighted by Gasteiger charge is 2.22. The summed E-state index contributed by atoms with van der Waals surface area (Å²) in [4.78, 5) is 41.8. The third kappa shape index (κ3) is 7.38. The van der Waals surface area contributed by atoms with Gasteiger partial charge >= 0.3 is 12.2 Å². The molecule has 0 heterocycles. The number of methoxy groups -OCH3 is 2. The van der Waals surface area contributed by atoms with Crippen LogP contribution in [-0.2, 0) is 25.1 Å². The van der Waals surface area contributed by atoms with Crippen LogP contribution in [-0.4, -0.2) is 42.5 Å². The second-order valence-electron chi connectivity index (χ2n) is 7.78. The van der Waals surface area contributed by atoms with Crippen LogP contribution in [0, 0.1) is 5.92 Å². The molecule has 0 bridgehead atoms. The van der Waals surface area contributed by atoms with Gasteiger partial charge in [-0.15, -0.1) is 0 Å². The van der Waals surface area contributed by atoms with Gasteiger partial charge in [0.05, 0.1) is 36.4 Å². The Bertz CT molecular complexity index is 1100. The second kappa shape index (κ2) is 12.7. The van der Waals surface area contributed by atoms with Gasteiger partial charge in [0, 0.05) is 15.7 Å². The lowest BCUT2D eigenvalue weighted by atomic mass is 9.88. The third-order valence-electron chi connectivity index (χ3n) is 5.42. The summed E-state index contributed by atoms with van der Waals surface area (Å²) in [6.07, 6.45) is 2.96. The number of nitrogens with one attached hydrogen (secondary N) is 3. The number of carbonyl (C=O) groups excluding carboxylic acids is 3. The van der Waals surface area contributed by atoms with E-state index in [0.717, 1.165) is 46.3 Å². The van der Waals surface area contributed by atoms with Crippen molar-refractivity contribution in [2.75, 3.05) is 19.5 Å². The molecule has 3 N–H and O–H groups in total. The Kier molecular flexibility index (Phi) is 9.36. The summed E-state index contributed by atoms with van der Waals surface area (Å²) in [5.74, 6) is -0.541. The summed E-state index contributed by atoms with van der Waals surface area (Å²) in [6.45, 7) is 0. The average Bonchev–Trinajstić information content (AvgIpc) is 2.89. The van der Waals surface area contributed by atoms with Crippen molar-refractivity contribution < 1.29 is 28.1 Å². The fourth-order valence-electron chi connectivity index (χ4n) is 3.61. The molecule has 10 nitrogen and oxygen atoms in total. The van der Waals surface area contributed by atoms with Gasteiger partial charge in [-0.2, -0.15) is 0 Å². The maximum atomic E-state index is 13.1. The highest BCUT2D eigenvalue weighted by Crippen LogP contribution is 2.31. The van der Waals surface area contributed by atoms with Crippen molar-refractivity contribution in [2.24, 2.45) is 10.9 Å². The molecule has 3 rings (SSSR count). The van der Waals surface area contributed by atoms with Gasteiger partial charge in [-0.1, -0.05) is 37.5 Å². The number of benzene rings is 2. The first-order chi connectivity index (χ1) is 16.9. The molecule has 2 aromatic carbocycles. The first kappa shape index (κ1) is 25.9. The van der Waals surface area contributed by atoms with Crippen LogP contribution in [0.3, 0.4) is 0 Å². The summed E-state index contributed by atoms with van der Waals surface area (Å²) < 4.78 is 22.3. The van der Waals surface area contributed by atoms with Gasteiger partial charge in [-0.25, -0.2) is 18.8 Å². The van der Waals surface area contributed by atoms with E-state index in [1.807, 2.05) is 6.07 Å². The van der Waals surface area contributed by atoms with E-state index in [9.17, 15) is 18.6 Å². The monoisotopic (exact) mass is 500 g/mol. The maximum absolute atomic E-state index is 13.1. The molecule has 0 spiro atoms. The lowest BCUT2D eigenvalue weighted by Gasteiger charge is -2.21. The van der Waals surface area contributed by atoms with E-state index in [4.69, 9.17) is 0 Å². The van der Waals surface area contributed by atoms with Crippen LogP contribution in [0.1, 0.15) is 32.1 Å². The summed E-state index contributed by atoms with van der Waals surface area (Å²) in [6, 6.07) is 13.6. The Morgan fingerprint density at radius 1 is 0.886 bits per heavy atom. The fourth-order valence-corrected chi connectivity index (χ4v) is 4.69. The molecule has 0 radical (unpaired) electrons. The summed E-state index contributed by atoms with van der Waals surface area (Å²) in [5.41, 5.74) is 0.518. The van der Waals surface area contributed by atoms with Crippen LogP contribution in [0.25, 0.3) is 0 Å². The van der Waals surface area contributed by atoms with Crippen molar-refractivity contribution in [2.45, 2.75) is 41.9 Å². The largest absolute Gasteiger partial charge is 0.453 e. The SMILES string of the molecule is COC(=O)NC(=Nc1cc(S(=O)c2ccccc2)ccc1NC(=O)C1CCCCC1)NC(=O)OC. The summed E-state index contributed by atoms with van der Waals surface area (Å²) >= 11 is 0. The molecule has 1 saturated carbocycles. The molecule has 0 aliphatic heterocycles. The second-order valence-corrected chi connectivity index (χ2v) is 9.26. The molecular weight excluding hydrogens is 472 g/mol. The van der Waals surface area contributed by atoms with Gasteiger partial charge in [-0.3, -0.25) is 15.4 Å². The van der Waals surface area contributed by atoms with Gasteiger partial charge in [0.1, 0.15) is 0 Å². The molecule has 0 saturated heterocycles. The molecule has 0 aromatic heterocycles. The number of aliphatic imine (C=N–C) groups is 1. The van der Waals surface area contributed by atoms with E-state index < -0.39 is 23.0 Å². The van der Waals surface area contributed by atoms with Crippen molar-refractivity contribution in [3.05, 3.63) is 48.5 Å². The zero-order valence-corrected chi connectivity index (χ0v) is 20.4. The van der Waals surface area contributed by atoms with Gasteiger partial charge in [0.15, 0.2) is 0 Å². The Hall–Kier alpha value is -3.73. The van der Waals surface area contributed by atoms with E-state index >= 15 is 0 Å². The molecular formula is C24H28N4O6S. The molecule has 35 heavy (non-hydrogen) atoms. The van der Waals surface area contributed by atoms with E-state index in [1.165, 1.54) is 6.07 Å². The Labute approximate surface area is 205 Å². The summed E-state index contributed by atoms with van der Waals surface area (Å²) in [7, 11) is 0.787. The number of hydrogen-bond donors (Lipinski definition) is 3. The standard InChI is InChI=1S/C24H28N4O6S/c1-33-23(30)27-22(28-24(31)34-2)26-20-15-18(35(32)17-11-7-4-8-12-17)13-14-19(20)25-21(29)16-9-5-3-6-10-16/h4,7-8,11-16H,3,5-6,9-10H2,1-2H3,(H,25,29)(H2,26,27,28,30,31). The maximum Gasteiger partial charge on any atom is 0.413 e. The zero-order chi connectivity index (χ0) is 25.2. The topological polar surface area (TPSA) is 135 Å². The smallest absolute Gasteiger partial charge is 0.413 e. The first-order valence-corrected chi connectivity index (χ1v) is 12.3. The number of hydrogen-bond acceptors (Lipinski definition) is 7. The molecule has 186 valence electrons. The number of nitrogens with zero attached hydrogens (tertiary/aromatic N) is 1. The lowest BCUT2D eigenvalue weighted by Crippen LogP contribution is -2.43. The predicted molar refractivity (Wildman–Crippen MR) is 131 cm³/mol. The molecule has 11 heteroatoms. The van der Waals surface area contributed by atoms with Crippen LogP contribution >= 0.6 is 0 Å². The Morgan fingerprint density at radius 3 is 2.11 bits per heavy atom. The van der Waals surface area contributed by atoms with Crippen molar-refractivity contribution in [3.63, 3.8) is 0 Å². The van der Waals surface area contributed by atoms with Gasteiger partial charge in [0.25, 0.3) is 0 Å². The van der Waals surface area contributed by atoms with Crippen LogP contribution in [0.15, 0.2) is 63.3 Å². The quantitative estimate of drug-likeness (QED) is 0.418. The Morgan fingerprint density at radius 2 is 1.51 bits per heavy atom. The minimum Gasteiger partial charge on any atom is -0.453 e. The third-order valence-corrected chi connectivity index (χ3v) is 6.80. The van der Waals surface area contributed by atoms with Crippen LogP contribution < -0.4 is 16.0 Å². The van der Waals surface area contributed by atoms with Crippen molar-refractivity contribution in [3.8, 4) is 0 Å². The molecule has 1 unspecified atom stereocenters. The molecule has 1 aliphatic carbocycles. The number of alkyl carbamates (subject to hydrolysis) is 2. The van der Waals surface area contributed by atoms with Gasteiger partial charge in [0.2, 0.25) is 11.9 Å². The molecule has 2 aromatic rings. The van der Waals surface area contributed by atoms with Gasteiger partial charge < -0.3 is 14.8 Å². The average molecular weight is 501 g/mol. The number of carbonyl (C=O) groups is 3. The molecule has 1 aliphatic rings.